The number of carbonyl (C=O) groups is 1. The van der Waals surface area contributed by atoms with Crippen LogP contribution in [0.25, 0.3) is 0 Å². The molecule has 0 aromatic carbocycles. The Morgan fingerprint density at radius 2 is 1.31 bits per heavy atom. The third-order valence-electron chi connectivity index (χ3n) is 2.81. The van der Waals surface area contributed by atoms with Crippen molar-refractivity contribution in [2.24, 2.45) is 0 Å². The van der Waals surface area contributed by atoms with Crippen LogP contribution in [0.5, 0.6) is 0 Å². The van der Waals surface area contributed by atoms with Crippen LogP contribution in [-0.4, -0.2) is 11.8 Å². The number of carbonyl (C=O) groups excluding carboxylic acids is 1. The Hall–Kier alpha value is -0.180. The minimum atomic E-state index is -0.212. The molecule has 0 heterocycles. The average Bonchev–Trinajstić information content (AvgIpc) is 2.25. The van der Waals surface area contributed by atoms with Crippen LogP contribution in [0.1, 0.15) is 71.1 Å². The number of amides is 1. The van der Waals surface area contributed by atoms with Crippen LogP contribution in [0.3, 0.4) is 0 Å². The average molecular weight is 245 g/mol. The van der Waals surface area contributed by atoms with Crippen LogP contribution in [-0.2, 0) is 0 Å². The Balaban J connectivity index is 2.90. The van der Waals surface area contributed by atoms with E-state index < -0.39 is 0 Å². The van der Waals surface area contributed by atoms with Gasteiger partial charge in [-0.3, -0.25) is 4.79 Å². The maximum absolute atomic E-state index is 10.5. The van der Waals surface area contributed by atoms with Gasteiger partial charge in [0.1, 0.15) is 0 Å². The summed E-state index contributed by atoms with van der Waals surface area (Å²) < 4.78 is 0. The first-order valence-electron chi connectivity index (χ1n) is 6.74. The van der Waals surface area contributed by atoms with Gasteiger partial charge in [0.2, 0.25) is 0 Å². The molecule has 0 atom stereocenters. The molecule has 0 radical (unpaired) electrons. The molecule has 0 saturated carbocycles. The second-order valence-corrected chi connectivity index (χ2v) is 4.82. The predicted molar refractivity (Wildman–Crippen MR) is 74.2 cm³/mol. The first-order valence-corrected chi connectivity index (χ1v) is 7.19. The Kier molecular flexibility index (Phi) is 12.7. The molecule has 0 aliphatic heterocycles. The summed E-state index contributed by atoms with van der Waals surface area (Å²) in [4.78, 5) is 10.5. The lowest BCUT2D eigenvalue weighted by molar-refractivity contribution is 0.261. The van der Waals surface area contributed by atoms with E-state index in [1.54, 1.807) is 0 Å². The third kappa shape index (κ3) is 13.8. The smallest absolute Gasteiger partial charge is 0.275 e. The van der Waals surface area contributed by atoms with E-state index in [0.717, 1.165) is 13.0 Å². The van der Waals surface area contributed by atoms with E-state index in [4.69, 9.17) is 0 Å². The zero-order valence-electron chi connectivity index (χ0n) is 10.6. The lowest BCUT2D eigenvalue weighted by Gasteiger charge is -2.02. The molecule has 0 spiro atoms. The summed E-state index contributed by atoms with van der Waals surface area (Å²) in [7, 11) is 0. The second kappa shape index (κ2) is 12.9. The normalized spacial score (nSPS) is 10.4. The number of nitrogens with one attached hydrogen (secondary N) is 1. The summed E-state index contributed by atoms with van der Waals surface area (Å²) in [6, 6.07) is 0. The molecule has 1 amide bonds. The molecular weight excluding hydrogens is 218 g/mol. The fourth-order valence-corrected chi connectivity index (χ4v) is 1.92. The van der Waals surface area contributed by atoms with E-state index in [0.29, 0.717) is 0 Å². The van der Waals surface area contributed by atoms with Crippen LogP contribution >= 0.6 is 12.6 Å². The fraction of sp³-hybridized carbons (Fsp3) is 0.923. The SMILES string of the molecule is CCCCCCCCCCCCNC(=O)S. The minimum absolute atomic E-state index is 0.212. The van der Waals surface area contributed by atoms with Crippen LogP contribution in [0.4, 0.5) is 4.79 Å². The van der Waals surface area contributed by atoms with Crippen molar-refractivity contribution in [3.8, 4) is 0 Å². The summed E-state index contributed by atoms with van der Waals surface area (Å²) in [5, 5.41) is 2.48. The number of hydrogen-bond donors (Lipinski definition) is 2. The van der Waals surface area contributed by atoms with Gasteiger partial charge in [-0.05, 0) is 6.42 Å². The largest absolute Gasteiger partial charge is 0.347 e. The van der Waals surface area contributed by atoms with Gasteiger partial charge in [-0.15, -0.1) is 0 Å². The molecule has 0 aliphatic rings. The van der Waals surface area contributed by atoms with Crippen LogP contribution < -0.4 is 5.32 Å². The summed E-state index contributed by atoms with van der Waals surface area (Å²) in [5.41, 5.74) is 0. The van der Waals surface area contributed by atoms with Gasteiger partial charge in [-0.1, -0.05) is 77.3 Å². The minimum Gasteiger partial charge on any atom is -0.347 e. The Morgan fingerprint density at radius 3 is 1.75 bits per heavy atom. The van der Waals surface area contributed by atoms with Crippen molar-refractivity contribution >= 4 is 17.9 Å². The van der Waals surface area contributed by atoms with Crippen molar-refractivity contribution in [3.05, 3.63) is 0 Å². The lowest BCUT2D eigenvalue weighted by Crippen LogP contribution is -2.17. The van der Waals surface area contributed by atoms with Crippen LogP contribution in [0, 0.1) is 0 Å². The molecule has 16 heavy (non-hydrogen) atoms. The van der Waals surface area contributed by atoms with E-state index in [1.807, 2.05) is 0 Å². The molecule has 0 bridgehead atoms. The molecule has 0 unspecified atom stereocenters. The van der Waals surface area contributed by atoms with Gasteiger partial charge < -0.3 is 5.32 Å². The van der Waals surface area contributed by atoms with E-state index in [9.17, 15) is 4.79 Å². The maximum Gasteiger partial charge on any atom is 0.275 e. The Morgan fingerprint density at radius 1 is 0.875 bits per heavy atom. The molecule has 0 saturated heterocycles. The zero-order chi connectivity index (χ0) is 12.1. The topological polar surface area (TPSA) is 29.1 Å². The molecular formula is C13H27NOS. The van der Waals surface area contributed by atoms with Crippen molar-refractivity contribution in [2.75, 3.05) is 6.54 Å². The van der Waals surface area contributed by atoms with E-state index in [2.05, 4.69) is 24.9 Å². The zero-order valence-corrected chi connectivity index (χ0v) is 11.5. The highest BCUT2D eigenvalue weighted by atomic mass is 32.1. The monoisotopic (exact) mass is 245 g/mol. The van der Waals surface area contributed by atoms with Gasteiger partial charge in [0.15, 0.2) is 0 Å². The van der Waals surface area contributed by atoms with Gasteiger partial charge in [-0.2, -0.15) is 0 Å². The summed E-state index contributed by atoms with van der Waals surface area (Å²) in [6.45, 7) is 3.03. The number of unbranched alkanes of at least 4 members (excludes halogenated alkanes) is 9. The number of thiol groups is 1. The molecule has 0 fully saturated rings. The lowest BCUT2D eigenvalue weighted by atomic mass is 10.1. The molecule has 0 aliphatic carbocycles. The highest BCUT2D eigenvalue weighted by Gasteiger charge is 1.93. The molecule has 1 N–H and O–H groups in total. The summed E-state index contributed by atoms with van der Waals surface area (Å²) in [6.07, 6.45) is 13.3. The van der Waals surface area contributed by atoms with Gasteiger partial charge in [0, 0.05) is 6.54 Å². The molecule has 0 rings (SSSR count). The predicted octanol–water partition coefficient (Wildman–Crippen LogP) is 4.55. The molecule has 3 heteroatoms. The summed E-state index contributed by atoms with van der Waals surface area (Å²) in [5.74, 6) is 0. The van der Waals surface area contributed by atoms with E-state index >= 15 is 0 Å². The standard InChI is InChI=1S/C13H27NOS/c1-2-3-4-5-6-7-8-9-10-11-12-14-13(15)16/h2-12H2,1H3,(H2,14,15,16). The molecule has 2 nitrogen and oxygen atoms in total. The third-order valence-corrected chi connectivity index (χ3v) is 2.96. The molecule has 0 aromatic heterocycles. The van der Waals surface area contributed by atoms with E-state index in [-0.39, 0.29) is 5.24 Å². The van der Waals surface area contributed by atoms with Gasteiger partial charge in [-0.25, -0.2) is 0 Å². The molecule has 96 valence electrons. The van der Waals surface area contributed by atoms with Gasteiger partial charge >= 0.3 is 0 Å². The van der Waals surface area contributed by atoms with Crippen LogP contribution in [0.2, 0.25) is 0 Å². The number of hydrogen-bond acceptors (Lipinski definition) is 1. The first-order chi connectivity index (χ1) is 7.77. The van der Waals surface area contributed by atoms with Crippen LogP contribution in [0.15, 0.2) is 0 Å². The highest BCUT2D eigenvalue weighted by molar-refractivity contribution is 7.96. The highest BCUT2D eigenvalue weighted by Crippen LogP contribution is 2.10. The summed E-state index contributed by atoms with van der Waals surface area (Å²) >= 11 is 3.65. The fourth-order valence-electron chi connectivity index (χ4n) is 1.81. The second-order valence-electron chi connectivity index (χ2n) is 4.41. The Labute approximate surface area is 106 Å². The number of rotatable bonds is 11. The van der Waals surface area contributed by atoms with Crippen molar-refractivity contribution in [2.45, 2.75) is 71.1 Å². The quantitative estimate of drug-likeness (QED) is 0.406. The van der Waals surface area contributed by atoms with Crippen molar-refractivity contribution in [1.29, 1.82) is 0 Å². The van der Waals surface area contributed by atoms with Crippen molar-refractivity contribution in [3.63, 3.8) is 0 Å². The Bertz CT molecular complexity index is 162. The molecule has 0 aromatic rings. The maximum atomic E-state index is 10.5. The van der Waals surface area contributed by atoms with Gasteiger partial charge in [0.25, 0.3) is 5.24 Å². The van der Waals surface area contributed by atoms with E-state index in [1.165, 1.54) is 57.8 Å². The first kappa shape index (κ1) is 15.8. The van der Waals surface area contributed by atoms with Crippen molar-refractivity contribution in [1.82, 2.24) is 5.32 Å². The van der Waals surface area contributed by atoms with Gasteiger partial charge in [0.05, 0.1) is 0 Å². The van der Waals surface area contributed by atoms with Crippen molar-refractivity contribution < 1.29 is 4.79 Å².